The van der Waals surface area contributed by atoms with Crippen LogP contribution in [0.25, 0.3) is 0 Å². The normalized spacial score (nSPS) is 18.1. The molecule has 1 amide bonds. The van der Waals surface area contributed by atoms with Gasteiger partial charge in [0, 0.05) is 43.1 Å². The molecule has 0 spiro atoms. The molecule has 0 unspecified atom stereocenters. The lowest BCUT2D eigenvalue weighted by atomic mass is 10.0. The zero-order valence-electron chi connectivity index (χ0n) is 19.6. The second-order valence-electron chi connectivity index (χ2n) is 8.97. The standard InChI is InChI=1S/C26H30Cl2IN3O3/c27-21-4-3-5-22(26(21)28)31-13-11-30(12-14-31)10-1-2-15-34-20-8-6-19-7-9-25(33)32(23(19)16-20)18-35-24-17-29-24/h3-6,8,16H,1-2,7,9-15,17-18H2. The lowest BCUT2D eigenvalue weighted by Crippen LogP contribution is -2.46. The summed E-state index contributed by atoms with van der Waals surface area (Å²) in [5, 5.41) is 1.25. The van der Waals surface area contributed by atoms with Crippen LogP contribution in [0, 0.1) is 0 Å². The fourth-order valence-corrected chi connectivity index (χ4v) is 5.71. The molecule has 35 heavy (non-hydrogen) atoms. The van der Waals surface area contributed by atoms with Gasteiger partial charge in [-0.15, -0.1) is 0 Å². The summed E-state index contributed by atoms with van der Waals surface area (Å²) in [7, 11) is 0. The minimum atomic E-state index is 0.131. The minimum absolute atomic E-state index is 0.131. The highest BCUT2D eigenvalue weighted by atomic mass is 127. The van der Waals surface area contributed by atoms with Gasteiger partial charge in [0.2, 0.25) is 5.91 Å². The summed E-state index contributed by atoms with van der Waals surface area (Å²) in [6.45, 7) is 6.00. The highest BCUT2D eigenvalue weighted by Gasteiger charge is 2.26. The summed E-state index contributed by atoms with van der Waals surface area (Å²) in [4.78, 5) is 19.1. The Kier molecular flexibility index (Phi) is 8.50. The molecule has 1 saturated heterocycles. The molecule has 188 valence electrons. The molecule has 1 fully saturated rings. The van der Waals surface area contributed by atoms with Crippen LogP contribution in [0.1, 0.15) is 24.8 Å². The van der Waals surface area contributed by atoms with E-state index in [0.29, 0.717) is 29.8 Å². The third-order valence-corrected chi connectivity index (χ3v) is 9.14. The quantitative estimate of drug-likeness (QED) is 0.202. The zero-order valence-corrected chi connectivity index (χ0v) is 23.3. The van der Waals surface area contributed by atoms with E-state index in [1.807, 2.05) is 30.3 Å². The number of carbonyl (C=O) groups is 1. The third-order valence-electron chi connectivity index (χ3n) is 6.63. The molecule has 3 aliphatic rings. The molecule has 0 aromatic heterocycles. The Bertz CT molecular complexity index is 1110. The first kappa shape index (κ1) is 25.3. The maximum absolute atomic E-state index is 12.5. The lowest BCUT2D eigenvalue weighted by molar-refractivity contribution is -0.119. The Labute approximate surface area is 226 Å². The smallest absolute Gasteiger partial charge is 0.229 e. The molecule has 3 aliphatic heterocycles. The number of aryl methyl sites for hydroxylation is 1. The van der Waals surface area contributed by atoms with Crippen molar-refractivity contribution in [3.05, 3.63) is 52.0 Å². The Balaban J connectivity index is 1.04. The minimum Gasteiger partial charge on any atom is -0.494 e. The zero-order chi connectivity index (χ0) is 24.2. The highest BCUT2D eigenvalue weighted by molar-refractivity contribution is 14.2. The lowest BCUT2D eigenvalue weighted by Gasteiger charge is -2.36. The van der Waals surface area contributed by atoms with Crippen LogP contribution in [-0.4, -0.2) is 65.0 Å². The maximum atomic E-state index is 12.5. The van der Waals surface area contributed by atoms with Crippen molar-refractivity contribution in [3.8, 4) is 5.75 Å². The predicted octanol–water partition coefficient (Wildman–Crippen LogP) is 5.34. The number of hydrogen-bond acceptors (Lipinski definition) is 5. The van der Waals surface area contributed by atoms with Crippen molar-refractivity contribution in [3.63, 3.8) is 0 Å². The second-order valence-corrected chi connectivity index (χ2v) is 12.5. The average molecular weight is 630 g/mol. The van der Waals surface area contributed by atoms with Crippen molar-refractivity contribution >= 4 is 64.9 Å². The molecule has 3 heterocycles. The van der Waals surface area contributed by atoms with Crippen molar-refractivity contribution in [2.45, 2.75) is 25.7 Å². The molecule has 0 saturated carbocycles. The third kappa shape index (κ3) is 6.49. The van der Waals surface area contributed by atoms with Gasteiger partial charge >= 0.3 is 0 Å². The highest BCUT2D eigenvalue weighted by Crippen LogP contribution is 2.34. The molecule has 0 bridgehead atoms. The molecule has 0 aliphatic carbocycles. The molecule has 0 atom stereocenters. The van der Waals surface area contributed by atoms with Crippen LogP contribution in [0.5, 0.6) is 5.75 Å². The van der Waals surface area contributed by atoms with Crippen LogP contribution in [-0.2, 0) is 16.0 Å². The van der Waals surface area contributed by atoms with Gasteiger partial charge in [0.1, 0.15) is 12.5 Å². The second kappa shape index (κ2) is 11.8. The van der Waals surface area contributed by atoms with E-state index < -0.39 is 0 Å². The van der Waals surface area contributed by atoms with Crippen molar-refractivity contribution < 1.29 is 14.3 Å². The first-order valence-corrected chi connectivity index (χ1v) is 15.5. The largest absolute Gasteiger partial charge is 0.494 e. The number of amides is 1. The van der Waals surface area contributed by atoms with Gasteiger partial charge in [-0.25, -0.2) is 0 Å². The Hall–Kier alpha value is -1.39. The van der Waals surface area contributed by atoms with Crippen LogP contribution in [0.4, 0.5) is 11.4 Å². The van der Waals surface area contributed by atoms with Crippen LogP contribution < -0.4 is 14.5 Å². The number of carbonyl (C=O) groups excluding carboxylic acids is 1. The number of rotatable bonds is 10. The first-order chi connectivity index (χ1) is 17.1. The summed E-state index contributed by atoms with van der Waals surface area (Å²) in [5.74, 6) is 0.953. The van der Waals surface area contributed by atoms with E-state index in [-0.39, 0.29) is 26.6 Å². The molecule has 2 aromatic rings. The van der Waals surface area contributed by atoms with Gasteiger partial charge < -0.3 is 14.4 Å². The van der Waals surface area contributed by atoms with E-state index in [9.17, 15) is 4.79 Å². The van der Waals surface area contributed by atoms with Crippen molar-refractivity contribution in [1.29, 1.82) is 0 Å². The van der Waals surface area contributed by atoms with E-state index in [1.54, 1.807) is 4.90 Å². The van der Waals surface area contributed by atoms with E-state index in [4.69, 9.17) is 32.7 Å². The average Bonchev–Trinajstić information content (AvgIpc) is 3.70. The number of benzene rings is 2. The number of fused-ring (bicyclic) bond motifs is 1. The van der Waals surface area contributed by atoms with Crippen molar-refractivity contribution in [2.75, 3.05) is 60.3 Å². The molecule has 0 radical (unpaired) electrons. The molecule has 0 N–H and O–H groups in total. The molecular weight excluding hydrogens is 600 g/mol. The monoisotopic (exact) mass is 629 g/mol. The van der Waals surface area contributed by atoms with Crippen LogP contribution >= 0.6 is 43.9 Å². The molecular formula is C26H30Cl2IN3O3. The van der Waals surface area contributed by atoms with E-state index in [1.165, 1.54) is 9.26 Å². The van der Waals surface area contributed by atoms with Gasteiger partial charge in [0.15, 0.2) is 0 Å². The number of anilines is 2. The fraction of sp³-hybridized carbons (Fsp3) is 0.462. The number of ether oxygens (including phenoxy) is 2. The number of nitrogens with zero attached hydrogens (tertiary/aromatic N) is 3. The summed E-state index contributed by atoms with van der Waals surface area (Å²) >= 11 is 12.7. The van der Waals surface area contributed by atoms with Crippen molar-refractivity contribution in [2.24, 2.45) is 0 Å². The van der Waals surface area contributed by atoms with E-state index >= 15 is 0 Å². The number of unbranched alkanes of at least 4 members (excludes halogenated alkanes) is 1. The number of halogens is 3. The SMILES string of the molecule is O=C1CCc2ccc(OCCCCN3CCN(c4cccc(Cl)c4Cl)CC3)cc2N1COC1=IC1. The summed E-state index contributed by atoms with van der Waals surface area (Å²) in [5.41, 5.74) is 3.15. The topological polar surface area (TPSA) is 45.2 Å². The molecule has 5 rings (SSSR count). The number of piperazine rings is 1. The maximum Gasteiger partial charge on any atom is 0.229 e. The number of alkyl halides is 1. The summed E-state index contributed by atoms with van der Waals surface area (Å²) in [6.07, 6.45) is 3.40. The van der Waals surface area contributed by atoms with Gasteiger partial charge in [0.05, 0.1) is 31.7 Å². The van der Waals surface area contributed by atoms with Gasteiger partial charge in [-0.3, -0.25) is 14.6 Å². The van der Waals surface area contributed by atoms with Crippen LogP contribution in [0.3, 0.4) is 0 Å². The fourth-order valence-electron chi connectivity index (χ4n) is 4.56. The first-order valence-electron chi connectivity index (χ1n) is 12.1. The van der Waals surface area contributed by atoms with Gasteiger partial charge in [-0.1, -0.05) is 56.1 Å². The van der Waals surface area contributed by atoms with E-state index in [2.05, 4.69) is 15.9 Å². The summed E-state index contributed by atoms with van der Waals surface area (Å²) in [6, 6.07) is 11.9. The van der Waals surface area contributed by atoms with Gasteiger partial charge in [-0.05, 0) is 49.6 Å². The summed E-state index contributed by atoms with van der Waals surface area (Å²) < 4.78 is 14.2. The molecule has 9 heteroatoms. The van der Waals surface area contributed by atoms with Crippen LogP contribution in [0.15, 0.2) is 36.4 Å². The molecule has 6 nitrogen and oxygen atoms in total. The Morgan fingerprint density at radius 3 is 2.57 bits per heavy atom. The number of hydrogen-bond donors (Lipinski definition) is 0. The van der Waals surface area contributed by atoms with Gasteiger partial charge in [-0.2, -0.15) is 0 Å². The van der Waals surface area contributed by atoms with E-state index in [0.717, 1.165) is 73.5 Å². The van der Waals surface area contributed by atoms with Crippen molar-refractivity contribution in [1.82, 2.24) is 4.90 Å². The van der Waals surface area contributed by atoms with Crippen LogP contribution in [0.2, 0.25) is 10.0 Å². The van der Waals surface area contributed by atoms with Gasteiger partial charge in [0.25, 0.3) is 0 Å². The Morgan fingerprint density at radius 1 is 0.943 bits per heavy atom. The Morgan fingerprint density at radius 2 is 1.77 bits per heavy atom. The predicted molar refractivity (Wildman–Crippen MR) is 152 cm³/mol. The molecule has 2 aromatic carbocycles.